The Morgan fingerprint density at radius 1 is 1.23 bits per heavy atom. The number of phosphoric acid groups is 1. The van der Waals surface area contributed by atoms with Gasteiger partial charge in [-0.05, 0) is 0 Å². The van der Waals surface area contributed by atoms with Gasteiger partial charge in [-0.15, -0.1) is 0 Å². The number of ether oxygens (including phenoxy) is 2. The van der Waals surface area contributed by atoms with E-state index >= 15 is 0 Å². The molecule has 2 aromatic rings. The number of nitrogens with zero attached hydrogens (tertiary/aromatic N) is 5. The van der Waals surface area contributed by atoms with Gasteiger partial charge in [0.15, 0.2) is 29.5 Å². The van der Waals surface area contributed by atoms with E-state index in [1.807, 2.05) is 4.90 Å². The van der Waals surface area contributed by atoms with Gasteiger partial charge in [0.2, 0.25) is 5.95 Å². The summed E-state index contributed by atoms with van der Waals surface area (Å²) >= 11 is 0. The molecule has 30 heavy (non-hydrogen) atoms. The molecule has 0 aromatic carbocycles. The molecule has 166 valence electrons. The molecule has 16 heteroatoms. The van der Waals surface area contributed by atoms with Crippen LogP contribution in [0.3, 0.4) is 0 Å². The molecule has 1 unspecified atom stereocenters. The maximum Gasteiger partial charge on any atom is 0.472 e. The molecule has 2 aliphatic rings. The van der Waals surface area contributed by atoms with Crippen molar-refractivity contribution in [3.8, 4) is 0 Å². The van der Waals surface area contributed by atoms with E-state index in [9.17, 15) is 19.9 Å². The molecule has 15 nitrogen and oxygen atoms in total. The fraction of sp³-hybridized carbons (Fsp3) is 0.643. The summed E-state index contributed by atoms with van der Waals surface area (Å²) in [6.07, 6.45) is -7.15. The SMILES string of the molecule is Nc1nc(N2CCOCC2)c2ncn([C@@H]3O[C@H](C(O)OP(=O)(O)O)[C@@H](O)[C@H]3O)c2n1. The molecule has 5 atom stereocenters. The summed E-state index contributed by atoms with van der Waals surface area (Å²) in [5, 5.41) is 30.5. The molecule has 0 amide bonds. The van der Waals surface area contributed by atoms with Crippen molar-refractivity contribution in [2.24, 2.45) is 0 Å². The zero-order chi connectivity index (χ0) is 21.6. The number of morpholine rings is 1. The fourth-order valence-electron chi connectivity index (χ4n) is 3.45. The van der Waals surface area contributed by atoms with Crippen LogP contribution in [0.15, 0.2) is 6.33 Å². The lowest BCUT2D eigenvalue weighted by Crippen LogP contribution is -2.39. The highest BCUT2D eigenvalue weighted by molar-refractivity contribution is 7.46. The summed E-state index contributed by atoms with van der Waals surface area (Å²) in [6, 6.07) is 0. The van der Waals surface area contributed by atoms with Crippen molar-refractivity contribution >= 4 is 30.8 Å². The van der Waals surface area contributed by atoms with Crippen LogP contribution in [0, 0.1) is 0 Å². The van der Waals surface area contributed by atoms with Crippen LogP contribution in [0.1, 0.15) is 6.23 Å². The topological polar surface area (TPSA) is 219 Å². The van der Waals surface area contributed by atoms with E-state index in [1.165, 1.54) is 10.9 Å². The van der Waals surface area contributed by atoms with Gasteiger partial charge >= 0.3 is 7.82 Å². The lowest BCUT2D eigenvalue weighted by molar-refractivity contribution is -0.161. The number of aromatic nitrogens is 4. The van der Waals surface area contributed by atoms with Crippen LogP contribution in [0.5, 0.6) is 0 Å². The maximum absolute atomic E-state index is 10.9. The van der Waals surface area contributed by atoms with E-state index in [-0.39, 0.29) is 11.6 Å². The first kappa shape index (κ1) is 21.3. The fourth-order valence-corrected chi connectivity index (χ4v) is 3.85. The lowest BCUT2D eigenvalue weighted by Gasteiger charge is -2.28. The van der Waals surface area contributed by atoms with Gasteiger partial charge in [-0.2, -0.15) is 9.97 Å². The predicted octanol–water partition coefficient (Wildman–Crippen LogP) is -2.71. The lowest BCUT2D eigenvalue weighted by atomic mass is 10.1. The first-order valence-corrected chi connectivity index (χ1v) is 10.4. The zero-order valence-corrected chi connectivity index (χ0v) is 16.3. The second-order valence-corrected chi connectivity index (χ2v) is 7.98. The Morgan fingerprint density at radius 3 is 2.60 bits per heavy atom. The standard InChI is InChI=1S/C14H21N6O9P/c15-14-17-10(19-1-3-27-4-2-19)6-11(18-14)20(5-16-6)12-8(22)7(21)9(28-12)13(23)29-30(24,25)26/h5,7-9,12-13,21-23H,1-4H2,(H2,15,17,18)(H2,24,25,26)/t7-,8+,9-,12+,13?/m0/s1. The number of phosphoric ester groups is 1. The zero-order valence-electron chi connectivity index (χ0n) is 15.4. The number of anilines is 2. The van der Waals surface area contributed by atoms with Crippen LogP contribution in [-0.2, 0) is 18.6 Å². The van der Waals surface area contributed by atoms with Crippen molar-refractivity contribution in [2.75, 3.05) is 36.9 Å². The molecular formula is C14H21N6O9P. The molecule has 2 aliphatic heterocycles. The van der Waals surface area contributed by atoms with Gasteiger partial charge in [0.1, 0.15) is 18.3 Å². The molecule has 2 fully saturated rings. The van der Waals surface area contributed by atoms with Gasteiger partial charge in [-0.1, -0.05) is 0 Å². The first-order chi connectivity index (χ1) is 14.2. The van der Waals surface area contributed by atoms with Gasteiger partial charge < -0.3 is 45.2 Å². The Kier molecular flexibility index (Phi) is 5.65. The number of fused-ring (bicyclic) bond motifs is 1. The van der Waals surface area contributed by atoms with E-state index < -0.39 is 38.7 Å². The highest BCUT2D eigenvalue weighted by Crippen LogP contribution is 2.41. The van der Waals surface area contributed by atoms with Crippen LogP contribution in [0.4, 0.5) is 11.8 Å². The third kappa shape index (κ3) is 3.99. The largest absolute Gasteiger partial charge is 0.472 e. The van der Waals surface area contributed by atoms with Crippen LogP contribution in [0.2, 0.25) is 0 Å². The molecule has 2 aromatic heterocycles. The molecule has 4 heterocycles. The average Bonchev–Trinajstić information content (AvgIpc) is 3.22. The average molecular weight is 448 g/mol. The number of nitrogens with two attached hydrogens (primary N) is 1. The number of aliphatic hydroxyl groups is 3. The summed E-state index contributed by atoms with van der Waals surface area (Å²) in [5.74, 6) is 0.411. The van der Waals surface area contributed by atoms with E-state index in [4.69, 9.17) is 25.0 Å². The van der Waals surface area contributed by atoms with Gasteiger partial charge in [0.25, 0.3) is 0 Å². The van der Waals surface area contributed by atoms with Gasteiger partial charge in [-0.3, -0.25) is 9.09 Å². The molecule has 0 bridgehead atoms. The van der Waals surface area contributed by atoms with Crippen molar-refractivity contribution < 1.29 is 43.7 Å². The van der Waals surface area contributed by atoms with E-state index in [0.29, 0.717) is 37.6 Å². The molecule has 0 aliphatic carbocycles. The highest BCUT2D eigenvalue weighted by atomic mass is 31.2. The number of hydrogen-bond donors (Lipinski definition) is 6. The molecule has 4 rings (SSSR count). The number of hydrogen-bond acceptors (Lipinski definition) is 12. The van der Waals surface area contributed by atoms with Crippen molar-refractivity contribution in [3.63, 3.8) is 0 Å². The second-order valence-electron chi connectivity index (χ2n) is 6.79. The molecule has 0 saturated carbocycles. The highest BCUT2D eigenvalue weighted by Gasteiger charge is 2.49. The Morgan fingerprint density at radius 2 is 1.93 bits per heavy atom. The molecule has 7 N–H and O–H groups in total. The maximum atomic E-state index is 10.9. The minimum atomic E-state index is -5.06. The predicted molar refractivity (Wildman–Crippen MR) is 97.8 cm³/mol. The summed E-state index contributed by atoms with van der Waals surface area (Å²) in [4.78, 5) is 32.3. The second kappa shape index (κ2) is 7.96. The van der Waals surface area contributed by atoms with E-state index in [1.54, 1.807) is 0 Å². The van der Waals surface area contributed by atoms with Crippen LogP contribution < -0.4 is 10.6 Å². The number of rotatable bonds is 5. The van der Waals surface area contributed by atoms with Crippen LogP contribution in [0.25, 0.3) is 11.2 Å². The van der Waals surface area contributed by atoms with Crippen LogP contribution in [-0.4, -0.2) is 95.5 Å². The van der Waals surface area contributed by atoms with Crippen molar-refractivity contribution in [1.82, 2.24) is 19.5 Å². The third-order valence-corrected chi connectivity index (χ3v) is 5.30. The van der Waals surface area contributed by atoms with Gasteiger partial charge in [0, 0.05) is 13.1 Å². The third-order valence-electron chi connectivity index (χ3n) is 4.81. The van der Waals surface area contributed by atoms with Crippen molar-refractivity contribution in [2.45, 2.75) is 30.8 Å². The normalized spacial score (nSPS) is 28.9. The minimum absolute atomic E-state index is 0.0554. The van der Waals surface area contributed by atoms with Crippen molar-refractivity contribution in [1.29, 1.82) is 0 Å². The number of aliphatic hydroxyl groups excluding tert-OH is 3. The van der Waals surface area contributed by atoms with Gasteiger partial charge in [0.05, 0.1) is 19.5 Å². The van der Waals surface area contributed by atoms with Crippen LogP contribution >= 0.6 is 7.82 Å². The van der Waals surface area contributed by atoms with E-state index in [2.05, 4.69) is 19.5 Å². The summed E-state index contributed by atoms with van der Waals surface area (Å²) < 4.78 is 27.2. The Balaban J connectivity index is 1.66. The molecule has 2 saturated heterocycles. The summed E-state index contributed by atoms with van der Waals surface area (Å²) in [6.45, 7) is 2.13. The Bertz CT molecular complexity index is 963. The summed E-state index contributed by atoms with van der Waals surface area (Å²) in [5.41, 5.74) is 6.41. The van der Waals surface area contributed by atoms with Crippen molar-refractivity contribution in [3.05, 3.63) is 6.33 Å². The Hall–Kier alpha value is -1.94. The van der Waals surface area contributed by atoms with E-state index in [0.717, 1.165) is 0 Å². The summed E-state index contributed by atoms with van der Waals surface area (Å²) in [7, 11) is -5.06. The quantitative estimate of drug-likeness (QED) is 0.202. The Labute approximate surface area is 168 Å². The number of imidazole rings is 1. The smallest absolute Gasteiger partial charge is 0.387 e. The monoisotopic (exact) mass is 448 g/mol. The number of nitrogen functional groups attached to an aromatic ring is 1. The molecule has 0 radical (unpaired) electrons. The first-order valence-electron chi connectivity index (χ1n) is 8.92. The minimum Gasteiger partial charge on any atom is -0.387 e. The van der Waals surface area contributed by atoms with Gasteiger partial charge in [-0.25, -0.2) is 9.55 Å². The molecule has 0 spiro atoms. The molecular weight excluding hydrogens is 427 g/mol.